The summed E-state index contributed by atoms with van der Waals surface area (Å²) in [6, 6.07) is 5.25. The predicted octanol–water partition coefficient (Wildman–Crippen LogP) is 3.99. The molecule has 0 unspecified atom stereocenters. The second-order valence-electron chi connectivity index (χ2n) is 3.86. The van der Waals surface area contributed by atoms with Crippen LogP contribution in [0.3, 0.4) is 0 Å². The molecule has 16 heavy (non-hydrogen) atoms. The van der Waals surface area contributed by atoms with E-state index < -0.39 is 0 Å². The molecule has 0 heterocycles. The second kappa shape index (κ2) is 6.94. The number of ether oxygens (including phenoxy) is 1. The van der Waals surface area contributed by atoms with E-state index in [1.165, 1.54) is 19.3 Å². The number of phenols is 1. The van der Waals surface area contributed by atoms with Crippen LogP contribution in [0, 0.1) is 0 Å². The van der Waals surface area contributed by atoms with Gasteiger partial charge in [0.2, 0.25) is 0 Å². The van der Waals surface area contributed by atoms with Gasteiger partial charge >= 0.3 is 0 Å². The van der Waals surface area contributed by atoms with Crippen LogP contribution in [0.4, 0.5) is 0 Å². The Morgan fingerprint density at radius 3 is 2.75 bits per heavy atom. The van der Waals surface area contributed by atoms with E-state index in [0.717, 1.165) is 12.0 Å². The van der Waals surface area contributed by atoms with Crippen molar-refractivity contribution in [3.8, 4) is 11.5 Å². The van der Waals surface area contributed by atoms with Crippen LogP contribution < -0.4 is 4.74 Å². The fourth-order valence-electron chi connectivity index (χ4n) is 1.55. The van der Waals surface area contributed by atoms with Crippen molar-refractivity contribution in [2.75, 3.05) is 7.11 Å². The molecule has 0 aromatic heterocycles. The van der Waals surface area contributed by atoms with Crippen molar-refractivity contribution in [1.82, 2.24) is 0 Å². The minimum atomic E-state index is 0.243. The molecule has 1 rings (SSSR count). The fraction of sp³-hybridized carbons (Fsp3) is 0.429. The Bertz CT molecular complexity index is 343. The first-order valence-electron chi connectivity index (χ1n) is 5.81. The van der Waals surface area contributed by atoms with Gasteiger partial charge in [0.25, 0.3) is 0 Å². The van der Waals surface area contributed by atoms with Crippen molar-refractivity contribution in [3.05, 3.63) is 29.8 Å². The van der Waals surface area contributed by atoms with Crippen molar-refractivity contribution in [2.45, 2.75) is 32.6 Å². The highest BCUT2D eigenvalue weighted by atomic mass is 16.5. The van der Waals surface area contributed by atoms with E-state index in [-0.39, 0.29) is 5.75 Å². The molecule has 0 aliphatic carbocycles. The predicted molar refractivity (Wildman–Crippen MR) is 67.8 cm³/mol. The van der Waals surface area contributed by atoms with E-state index in [0.29, 0.717) is 5.75 Å². The number of aromatic hydroxyl groups is 1. The average Bonchev–Trinajstić information content (AvgIpc) is 2.28. The Hall–Kier alpha value is -1.44. The van der Waals surface area contributed by atoms with Crippen LogP contribution in [-0.4, -0.2) is 12.2 Å². The van der Waals surface area contributed by atoms with E-state index in [1.807, 2.05) is 12.1 Å². The standard InChI is InChI=1S/C14H20O2/c1-3-4-5-6-7-8-12-9-13(15)11-14(10-12)16-2/h7-11,15H,3-6H2,1-2H3/b8-7-. The van der Waals surface area contributed by atoms with Crippen LogP contribution in [0.5, 0.6) is 11.5 Å². The highest BCUT2D eigenvalue weighted by Crippen LogP contribution is 2.22. The molecule has 0 radical (unpaired) electrons. The zero-order chi connectivity index (χ0) is 11.8. The number of hydrogen-bond donors (Lipinski definition) is 1. The van der Waals surface area contributed by atoms with Crippen LogP contribution in [0.2, 0.25) is 0 Å². The van der Waals surface area contributed by atoms with Crippen molar-refractivity contribution in [2.24, 2.45) is 0 Å². The molecular formula is C14H20O2. The Morgan fingerprint density at radius 1 is 1.25 bits per heavy atom. The Kier molecular flexibility index (Phi) is 5.48. The summed E-state index contributed by atoms with van der Waals surface area (Å²) in [5, 5.41) is 9.45. The Balaban J connectivity index is 2.55. The molecule has 1 aromatic rings. The lowest BCUT2D eigenvalue weighted by atomic mass is 10.1. The van der Waals surface area contributed by atoms with Crippen molar-refractivity contribution in [3.63, 3.8) is 0 Å². The maximum atomic E-state index is 9.45. The van der Waals surface area contributed by atoms with Gasteiger partial charge in [0, 0.05) is 6.07 Å². The number of methoxy groups -OCH3 is 1. The summed E-state index contributed by atoms with van der Waals surface area (Å²) in [5.74, 6) is 0.931. The molecular weight excluding hydrogens is 200 g/mol. The molecule has 0 aliphatic heterocycles. The highest BCUT2D eigenvalue weighted by Gasteiger charge is 1.96. The summed E-state index contributed by atoms with van der Waals surface area (Å²) in [7, 11) is 1.60. The normalized spacial score (nSPS) is 10.9. The summed E-state index contributed by atoms with van der Waals surface area (Å²) < 4.78 is 5.09. The van der Waals surface area contributed by atoms with Gasteiger partial charge in [-0.1, -0.05) is 31.9 Å². The summed E-state index contributed by atoms with van der Waals surface area (Å²) in [5.41, 5.74) is 0.980. The quantitative estimate of drug-likeness (QED) is 0.734. The molecule has 0 saturated heterocycles. The van der Waals surface area contributed by atoms with Gasteiger partial charge in [-0.05, 0) is 30.5 Å². The average molecular weight is 220 g/mol. The number of phenolic OH excluding ortho intramolecular Hbond substituents is 1. The lowest BCUT2D eigenvalue weighted by Crippen LogP contribution is -1.83. The minimum Gasteiger partial charge on any atom is -0.508 e. The summed E-state index contributed by atoms with van der Waals surface area (Å²) in [6.45, 7) is 2.20. The Labute approximate surface area is 97.6 Å². The highest BCUT2D eigenvalue weighted by molar-refractivity contribution is 5.54. The van der Waals surface area contributed by atoms with Crippen LogP contribution >= 0.6 is 0 Å². The van der Waals surface area contributed by atoms with Crippen LogP contribution in [-0.2, 0) is 0 Å². The molecule has 0 amide bonds. The second-order valence-corrected chi connectivity index (χ2v) is 3.86. The number of hydrogen-bond acceptors (Lipinski definition) is 2. The van der Waals surface area contributed by atoms with Gasteiger partial charge < -0.3 is 9.84 Å². The van der Waals surface area contributed by atoms with Crippen molar-refractivity contribution < 1.29 is 9.84 Å². The summed E-state index contributed by atoms with van der Waals surface area (Å²) in [4.78, 5) is 0. The fourth-order valence-corrected chi connectivity index (χ4v) is 1.55. The SMILES string of the molecule is CCCCC/C=C\c1cc(O)cc(OC)c1. The minimum absolute atomic E-state index is 0.243. The maximum absolute atomic E-state index is 9.45. The molecule has 1 aromatic carbocycles. The van der Waals surface area contributed by atoms with Gasteiger partial charge in [0.05, 0.1) is 7.11 Å². The first kappa shape index (κ1) is 12.6. The lowest BCUT2D eigenvalue weighted by Gasteiger charge is -2.02. The largest absolute Gasteiger partial charge is 0.508 e. The molecule has 0 aliphatic rings. The number of benzene rings is 1. The van der Waals surface area contributed by atoms with Crippen molar-refractivity contribution >= 4 is 6.08 Å². The lowest BCUT2D eigenvalue weighted by molar-refractivity contribution is 0.407. The van der Waals surface area contributed by atoms with Crippen LogP contribution in [0.1, 0.15) is 38.2 Å². The van der Waals surface area contributed by atoms with E-state index >= 15 is 0 Å². The molecule has 0 bridgehead atoms. The zero-order valence-corrected chi connectivity index (χ0v) is 10.1. The maximum Gasteiger partial charge on any atom is 0.123 e. The molecule has 1 N–H and O–H groups in total. The summed E-state index contributed by atoms with van der Waals surface area (Å²) >= 11 is 0. The molecule has 0 saturated carbocycles. The van der Waals surface area contributed by atoms with Gasteiger partial charge in [-0.3, -0.25) is 0 Å². The topological polar surface area (TPSA) is 29.5 Å². The van der Waals surface area contributed by atoms with Gasteiger partial charge in [-0.2, -0.15) is 0 Å². The monoisotopic (exact) mass is 220 g/mol. The smallest absolute Gasteiger partial charge is 0.123 e. The van der Waals surface area contributed by atoms with E-state index in [1.54, 1.807) is 19.2 Å². The van der Waals surface area contributed by atoms with Gasteiger partial charge in [0.1, 0.15) is 11.5 Å². The third kappa shape index (κ3) is 4.39. The molecule has 0 fully saturated rings. The first-order chi connectivity index (χ1) is 7.76. The van der Waals surface area contributed by atoms with E-state index in [4.69, 9.17) is 4.74 Å². The molecule has 0 spiro atoms. The van der Waals surface area contributed by atoms with E-state index in [2.05, 4.69) is 13.0 Å². The van der Waals surface area contributed by atoms with Gasteiger partial charge in [-0.15, -0.1) is 0 Å². The molecule has 2 nitrogen and oxygen atoms in total. The first-order valence-corrected chi connectivity index (χ1v) is 5.81. The summed E-state index contributed by atoms with van der Waals surface area (Å²) in [6.07, 6.45) is 9.00. The molecule has 0 atom stereocenters. The van der Waals surface area contributed by atoms with Gasteiger partial charge in [0.15, 0.2) is 0 Å². The number of allylic oxidation sites excluding steroid dienone is 1. The third-order valence-corrected chi connectivity index (χ3v) is 2.43. The number of unbranched alkanes of at least 4 members (excludes halogenated alkanes) is 3. The van der Waals surface area contributed by atoms with Crippen molar-refractivity contribution in [1.29, 1.82) is 0 Å². The Morgan fingerprint density at radius 2 is 2.06 bits per heavy atom. The third-order valence-electron chi connectivity index (χ3n) is 2.43. The zero-order valence-electron chi connectivity index (χ0n) is 10.1. The van der Waals surface area contributed by atoms with Crippen LogP contribution in [0.15, 0.2) is 24.3 Å². The van der Waals surface area contributed by atoms with Gasteiger partial charge in [-0.25, -0.2) is 0 Å². The van der Waals surface area contributed by atoms with Crippen LogP contribution in [0.25, 0.3) is 6.08 Å². The molecule has 88 valence electrons. The number of rotatable bonds is 6. The van der Waals surface area contributed by atoms with E-state index in [9.17, 15) is 5.11 Å². The molecule has 2 heteroatoms.